The Morgan fingerprint density at radius 2 is 1.69 bits per heavy atom. The molecule has 2 aromatic carbocycles. The summed E-state index contributed by atoms with van der Waals surface area (Å²) in [6.07, 6.45) is 2.73. The zero-order valence-electron chi connectivity index (χ0n) is 19.3. The third kappa shape index (κ3) is 5.85. The van der Waals surface area contributed by atoms with Gasteiger partial charge < -0.3 is 5.32 Å². The summed E-state index contributed by atoms with van der Waals surface area (Å²) < 4.78 is 39.5. The van der Waals surface area contributed by atoms with Gasteiger partial charge in [-0.15, -0.1) is 0 Å². The molecule has 0 fully saturated rings. The molecule has 35 heavy (non-hydrogen) atoms. The van der Waals surface area contributed by atoms with E-state index < -0.39 is 17.8 Å². The zero-order valence-corrected chi connectivity index (χ0v) is 19.3. The number of unbranched alkanes of at least 4 members (excludes halogenated alkanes) is 2. The molecule has 0 aliphatic heterocycles. The minimum absolute atomic E-state index is 0.342. The van der Waals surface area contributed by atoms with E-state index in [1.807, 2.05) is 18.2 Å². The smallest absolute Gasteiger partial charge is 0.340 e. The molecule has 4 rings (SSSR count). The van der Waals surface area contributed by atoms with Crippen molar-refractivity contribution in [2.75, 3.05) is 0 Å². The predicted octanol–water partition coefficient (Wildman–Crippen LogP) is 6.90. The molecule has 4 aromatic rings. The number of nitrogens with zero attached hydrogens (tertiary/aromatic N) is 2. The number of hydrogen-bond donors (Lipinski definition) is 1. The average Bonchev–Trinajstić information content (AvgIpc) is 2.87. The second-order valence-corrected chi connectivity index (χ2v) is 8.44. The number of carbonyl (C=O) groups excluding carboxylic acids is 1. The molecule has 0 aliphatic carbocycles. The number of pyridine rings is 2. The molecule has 0 radical (unpaired) electrons. The molecule has 7 heteroatoms. The van der Waals surface area contributed by atoms with Crippen molar-refractivity contribution in [3.63, 3.8) is 0 Å². The molecule has 4 nitrogen and oxygen atoms in total. The highest BCUT2D eigenvalue weighted by atomic mass is 19.4. The van der Waals surface area contributed by atoms with E-state index >= 15 is 0 Å². The fourth-order valence-corrected chi connectivity index (χ4v) is 4.09. The van der Waals surface area contributed by atoms with Crippen molar-refractivity contribution in [2.45, 2.75) is 44.8 Å². The summed E-state index contributed by atoms with van der Waals surface area (Å²) in [5, 5.41) is 3.84. The molecule has 2 heterocycles. The Morgan fingerprint density at radius 3 is 2.43 bits per heavy atom. The first-order valence-electron chi connectivity index (χ1n) is 11.6. The standard InChI is InChI=1S/C28H26F3N3O/c1-2-3-4-7-19-8-5-17-33-25(19)26(20-10-13-23(14-11-20)28(29,30)31)34-27(35)22-12-15-24-21(18-22)9-6-16-32-24/h5-6,8-18,26H,2-4,7H2,1H3,(H,34,35)/t26-/m0/s1. The van der Waals surface area contributed by atoms with E-state index in [9.17, 15) is 18.0 Å². The summed E-state index contributed by atoms with van der Waals surface area (Å²) in [6, 6.07) is 16.9. The van der Waals surface area contributed by atoms with Gasteiger partial charge in [0, 0.05) is 23.3 Å². The molecule has 0 bridgehead atoms. The number of fused-ring (bicyclic) bond motifs is 1. The topological polar surface area (TPSA) is 54.9 Å². The Hall–Kier alpha value is -3.74. The third-order valence-electron chi connectivity index (χ3n) is 5.96. The van der Waals surface area contributed by atoms with Gasteiger partial charge in [0.2, 0.25) is 0 Å². The number of halogens is 3. The molecule has 0 saturated heterocycles. The van der Waals surface area contributed by atoms with Gasteiger partial charge in [0.25, 0.3) is 5.91 Å². The van der Waals surface area contributed by atoms with Crippen LogP contribution >= 0.6 is 0 Å². The lowest BCUT2D eigenvalue weighted by Crippen LogP contribution is -2.30. The predicted molar refractivity (Wildman–Crippen MR) is 130 cm³/mol. The van der Waals surface area contributed by atoms with Crippen LogP contribution in [0.4, 0.5) is 13.2 Å². The van der Waals surface area contributed by atoms with Crippen molar-refractivity contribution in [2.24, 2.45) is 0 Å². The van der Waals surface area contributed by atoms with Crippen LogP contribution in [0.1, 0.15) is 65.0 Å². The molecule has 0 saturated carbocycles. The fourth-order valence-electron chi connectivity index (χ4n) is 4.09. The average molecular weight is 478 g/mol. The van der Waals surface area contributed by atoms with Crippen molar-refractivity contribution in [3.8, 4) is 0 Å². The monoisotopic (exact) mass is 477 g/mol. The quantitative estimate of drug-likeness (QED) is 0.281. The van der Waals surface area contributed by atoms with Crippen molar-refractivity contribution in [1.82, 2.24) is 15.3 Å². The molecule has 1 N–H and O–H groups in total. The van der Waals surface area contributed by atoms with Crippen LogP contribution in [0.15, 0.2) is 79.1 Å². The Kier molecular flexibility index (Phi) is 7.44. The first-order valence-corrected chi connectivity index (χ1v) is 11.6. The fraction of sp³-hybridized carbons (Fsp3) is 0.250. The summed E-state index contributed by atoms with van der Waals surface area (Å²) in [5.74, 6) is -0.342. The zero-order chi connectivity index (χ0) is 24.8. The van der Waals surface area contributed by atoms with Gasteiger partial charge in [-0.1, -0.05) is 44.0 Å². The Balaban J connectivity index is 1.71. The van der Waals surface area contributed by atoms with Crippen molar-refractivity contribution >= 4 is 16.8 Å². The first kappa shape index (κ1) is 24.4. The van der Waals surface area contributed by atoms with E-state index in [1.54, 1.807) is 36.7 Å². The summed E-state index contributed by atoms with van der Waals surface area (Å²) >= 11 is 0. The highest BCUT2D eigenvalue weighted by Crippen LogP contribution is 2.32. The normalized spacial score (nSPS) is 12.5. The molecular formula is C28H26F3N3O. The van der Waals surface area contributed by atoms with Gasteiger partial charge in [-0.3, -0.25) is 14.8 Å². The van der Waals surface area contributed by atoms with Crippen LogP contribution in [0.25, 0.3) is 10.9 Å². The molecule has 180 valence electrons. The van der Waals surface area contributed by atoms with E-state index in [-0.39, 0.29) is 5.91 Å². The molecule has 0 spiro atoms. The molecule has 0 aliphatic rings. The summed E-state index contributed by atoms with van der Waals surface area (Å²) in [5.41, 5.74) is 2.60. The van der Waals surface area contributed by atoms with E-state index in [2.05, 4.69) is 22.2 Å². The highest BCUT2D eigenvalue weighted by molar-refractivity contribution is 5.98. The van der Waals surface area contributed by atoms with Crippen molar-refractivity contribution in [3.05, 3.63) is 107 Å². The number of aromatic nitrogens is 2. The lowest BCUT2D eigenvalue weighted by molar-refractivity contribution is -0.137. The minimum Gasteiger partial charge on any atom is -0.340 e. The van der Waals surface area contributed by atoms with E-state index in [0.717, 1.165) is 54.3 Å². The van der Waals surface area contributed by atoms with Crippen LogP contribution < -0.4 is 5.32 Å². The summed E-state index contributed by atoms with van der Waals surface area (Å²) in [7, 11) is 0. The molecule has 1 atom stereocenters. The number of carbonyl (C=O) groups is 1. The third-order valence-corrected chi connectivity index (χ3v) is 5.96. The second-order valence-electron chi connectivity index (χ2n) is 8.44. The Morgan fingerprint density at radius 1 is 0.943 bits per heavy atom. The van der Waals surface area contributed by atoms with Crippen LogP contribution in [0.5, 0.6) is 0 Å². The Labute approximate surface area is 202 Å². The van der Waals surface area contributed by atoms with Gasteiger partial charge >= 0.3 is 6.18 Å². The van der Waals surface area contributed by atoms with Gasteiger partial charge in [0.1, 0.15) is 0 Å². The molecular weight excluding hydrogens is 451 g/mol. The van der Waals surface area contributed by atoms with Crippen LogP contribution in [0.3, 0.4) is 0 Å². The maximum absolute atomic E-state index is 13.3. The number of benzene rings is 2. The minimum atomic E-state index is -4.44. The number of aryl methyl sites for hydroxylation is 1. The number of alkyl halides is 3. The van der Waals surface area contributed by atoms with E-state index in [0.29, 0.717) is 16.8 Å². The van der Waals surface area contributed by atoms with Crippen LogP contribution in [-0.2, 0) is 12.6 Å². The van der Waals surface area contributed by atoms with Crippen LogP contribution in [-0.4, -0.2) is 15.9 Å². The Bertz CT molecular complexity index is 1300. The highest BCUT2D eigenvalue weighted by Gasteiger charge is 2.31. The van der Waals surface area contributed by atoms with Crippen molar-refractivity contribution in [1.29, 1.82) is 0 Å². The lowest BCUT2D eigenvalue weighted by atomic mass is 9.95. The SMILES string of the molecule is CCCCCc1cccnc1[C@@H](NC(=O)c1ccc2ncccc2c1)c1ccc(C(F)(F)F)cc1. The van der Waals surface area contributed by atoms with Gasteiger partial charge in [-0.05, 0) is 66.4 Å². The van der Waals surface area contributed by atoms with E-state index in [1.165, 1.54) is 12.1 Å². The lowest BCUT2D eigenvalue weighted by Gasteiger charge is -2.22. The van der Waals surface area contributed by atoms with Gasteiger partial charge in [0.15, 0.2) is 0 Å². The summed E-state index contributed by atoms with van der Waals surface area (Å²) in [4.78, 5) is 22.1. The van der Waals surface area contributed by atoms with Gasteiger partial charge in [0.05, 0.1) is 22.8 Å². The molecule has 2 aromatic heterocycles. The molecule has 1 amide bonds. The largest absolute Gasteiger partial charge is 0.416 e. The maximum Gasteiger partial charge on any atom is 0.416 e. The number of hydrogen-bond acceptors (Lipinski definition) is 3. The number of rotatable bonds is 8. The van der Waals surface area contributed by atoms with Crippen LogP contribution in [0, 0.1) is 0 Å². The van der Waals surface area contributed by atoms with Crippen molar-refractivity contribution < 1.29 is 18.0 Å². The van der Waals surface area contributed by atoms with Gasteiger partial charge in [-0.2, -0.15) is 13.2 Å². The molecule has 0 unspecified atom stereocenters. The summed E-state index contributed by atoms with van der Waals surface area (Å²) in [6.45, 7) is 2.12. The van der Waals surface area contributed by atoms with E-state index in [4.69, 9.17) is 0 Å². The second kappa shape index (κ2) is 10.7. The number of nitrogens with one attached hydrogen (secondary N) is 1. The van der Waals surface area contributed by atoms with Crippen LogP contribution in [0.2, 0.25) is 0 Å². The first-order chi connectivity index (χ1) is 16.9. The van der Waals surface area contributed by atoms with Gasteiger partial charge in [-0.25, -0.2) is 0 Å². The number of amides is 1. The maximum atomic E-state index is 13.3.